The van der Waals surface area contributed by atoms with Crippen LogP contribution in [0.15, 0.2) is 109 Å². The summed E-state index contributed by atoms with van der Waals surface area (Å²) in [5.41, 5.74) is 5.39. The van der Waals surface area contributed by atoms with E-state index in [1.165, 1.54) is 161 Å². The van der Waals surface area contributed by atoms with Crippen molar-refractivity contribution in [3.63, 3.8) is 0 Å². The van der Waals surface area contributed by atoms with E-state index in [9.17, 15) is 19.0 Å². The number of hydrogen-bond donors (Lipinski definition) is 2. The third-order valence-corrected chi connectivity index (χ3v) is 14.4. The molecule has 10 heteroatoms. The highest BCUT2D eigenvalue weighted by molar-refractivity contribution is 7.47. The lowest BCUT2D eigenvalue weighted by Gasteiger charge is -2.19. The zero-order valence-corrected chi connectivity index (χ0v) is 51.0. The van der Waals surface area contributed by atoms with Crippen LogP contribution in [0, 0.1) is 0 Å². The van der Waals surface area contributed by atoms with Crippen LogP contribution >= 0.6 is 7.82 Å². The molecule has 0 radical (unpaired) electrons. The summed E-state index contributed by atoms with van der Waals surface area (Å²) in [6, 6.07) is 0. The van der Waals surface area contributed by atoms with Gasteiger partial charge in [0, 0.05) is 19.4 Å². The van der Waals surface area contributed by atoms with Gasteiger partial charge in [0.05, 0.1) is 13.2 Å². The lowest BCUT2D eigenvalue weighted by Crippen LogP contribution is -2.29. The van der Waals surface area contributed by atoms with E-state index in [1.54, 1.807) is 0 Å². The Kier molecular flexibility index (Phi) is 60.2. The topological polar surface area (TPSA) is 134 Å². The second-order valence-electron chi connectivity index (χ2n) is 20.9. The Balaban J connectivity index is 4.04. The van der Waals surface area contributed by atoms with Crippen LogP contribution in [0.3, 0.4) is 0 Å². The van der Waals surface area contributed by atoms with Crippen molar-refractivity contribution in [2.75, 3.05) is 26.4 Å². The van der Waals surface area contributed by atoms with E-state index < -0.39 is 32.5 Å². The zero-order valence-electron chi connectivity index (χ0n) is 50.1. The normalized spacial score (nSPS) is 13.7. The van der Waals surface area contributed by atoms with Gasteiger partial charge < -0.3 is 20.1 Å². The van der Waals surface area contributed by atoms with Crippen molar-refractivity contribution >= 4 is 19.8 Å². The minimum absolute atomic E-state index is 0.0397. The van der Waals surface area contributed by atoms with Crippen LogP contribution in [0.5, 0.6) is 0 Å². The van der Waals surface area contributed by atoms with E-state index in [0.717, 1.165) is 77.0 Å². The van der Waals surface area contributed by atoms with E-state index in [2.05, 4.69) is 117 Å². The van der Waals surface area contributed by atoms with Gasteiger partial charge in [-0.1, -0.05) is 297 Å². The maximum atomic E-state index is 12.7. The van der Waals surface area contributed by atoms with E-state index in [4.69, 9.17) is 24.3 Å². The van der Waals surface area contributed by atoms with Crippen molar-refractivity contribution in [1.82, 2.24) is 0 Å². The van der Waals surface area contributed by atoms with Gasteiger partial charge in [-0.05, 0) is 77.0 Å². The summed E-state index contributed by atoms with van der Waals surface area (Å²) in [5, 5.41) is 0. The SMILES string of the molecule is CC/C=C\C/C=C\C/C=C\C/C=C\C/C=C\C/C=C\C/C=C\C/C=C\C/C=C\CCCC(=O)OC(COC(=O)CCCCCCCCCCCCCCCCCCCCCCCCCCCCCC)COP(=O)(O)OCCN. The smallest absolute Gasteiger partial charge is 0.462 e. The molecule has 0 aliphatic heterocycles. The molecule has 0 rings (SSSR count). The molecule has 9 nitrogen and oxygen atoms in total. The minimum atomic E-state index is -4.41. The fourth-order valence-electron chi connectivity index (χ4n) is 8.76. The molecule has 0 aliphatic carbocycles. The van der Waals surface area contributed by atoms with Crippen molar-refractivity contribution in [2.45, 2.75) is 283 Å². The molecule has 3 N–H and O–H groups in total. The number of esters is 2. The number of phosphoric acid groups is 1. The van der Waals surface area contributed by atoms with Crippen molar-refractivity contribution in [3.05, 3.63) is 109 Å². The molecule has 0 amide bonds. The van der Waals surface area contributed by atoms with Crippen LogP contribution in [0.1, 0.15) is 277 Å². The van der Waals surface area contributed by atoms with E-state index >= 15 is 0 Å². The fraction of sp³-hybridized carbons (Fsp3) is 0.706. The zero-order chi connectivity index (χ0) is 56.6. The Morgan fingerprint density at radius 3 is 1.04 bits per heavy atom. The quantitative estimate of drug-likeness (QED) is 0.0264. The summed E-state index contributed by atoms with van der Waals surface area (Å²) in [5.74, 6) is -0.895. The summed E-state index contributed by atoms with van der Waals surface area (Å²) in [6.45, 7) is 3.59. The molecule has 0 spiro atoms. The molecule has 0 heterocycles. The molecule has 0 aliphatic rings. The number of unbranched alkanes of at least 4 members (excludes halogenated alkanes) is 28. The second-order valence-corrected chi connectivity index (χ2v) is 22.4. The first-order valence-corrected chi connectivity index (χ1v) is 33.4. The maximum absolute atomic E-state index is 12.7. The first kappa shape index (κ1) is 74.7. The average Bonchev–Trinajstić information content (AvgIpc) is 3.43. The van der Waals surface area contributed by atoms with Gasteiger partial charge >= 0.3 is 19.8 Å². The van der Waals surface area contributed by atoms with Gasteiger partial charge in [-0.25, -0.2) is 4.57 Å². The summed E-state index contributed by atoms with van der Waals surface area (Å²) in [7, 11) is -4.41. The van der Waals surface area contributed by atoms with Crippen LogP contribution < -0.4 is 5.73 Å². The number of nitrogens with two attached hydrogens (primary N) is 1. The summed E-state index contributed by atoms with van der Waals surface area (Å²) >= 11 is 0. The number of rotatable bonds is 59. The first-order valence-electron chi connectivity index (χ1n) is 31.9. The number of carbonyl (C=O) groups excluding carboxylic acids is 2. The lowest BCUT2D eigenvalue weighted by atomic mass is 10.0. The molecule has 448 valence electrons. The van der Waals surface area contributed by atoms with Crippen LogP contribution in [0.2, 0.25) is 0 Å². The average molecular weight is 1110 g/mol. The molecule has 0 saturated carbocycles. The first-order chi connectivity index (χ1) is 38.3. The van der Waals surface area contributed by atoms with E-state index in [0.29, 0.717) is 12.8 Å². The Bertz CT molecular complexity index is 1640. The van der Waals surface area contributed by atoms with Crippen LogP contribution in [0.4, 0.5) is 0 Å². The molecule has 0 aromatic heterocycles. The highest BCUT2D eigenvalue weighted by Gasteiger charge is 2.26. The van der Waals surface area contributed by atoms with Gasteiger partial charge in [-0.3, -0.25) is 18.6 Å². The molecule has 0 aromatic carbocycles. The lowest BCUT2D eigenvalue weighted by molar-refractivity contribution is -0.161. The van der Waals surface area contributed by atoms with Gasteiger partial charge in [-0.2, -0.15) is 0 Å². The third kappa shape index (κ3) is 61.9. The van der Waals surface area contributed by atoms with Gasteiger partial charge in [0.2, 0.25) is 0 Å². The second kappa shape index (κ2) is 62.9. The van der Waals surface area contributed by atoms with E-state index in [1.807, 2.05) is 6.08 Å². The van der Waals surface area contributed by atoms with Crippen molar-refractivity contribution < 1.29 is 37.6 Å². The summed E-state index contributed by atoms with van der Waals surface area (Å²) < 4.78 is 33.0. The predicted molar refractivity (Wildman–Crippen MR) is 335 cm³/mol. The highest BCUT2D eigenvalue weighted by Crippen LogP contribution is 2.43. The molecular formula is C68H118NO8P. The molecule has 2 atom stereocenters. The number of allylic oxidation sites excluding steroid dienone is 18. The number of hydrogen-bond acceptors (Lipinski definition) is 8. The molecular weight excluding hydrogens is 990 g/mol. The number of phosphoric ester groups is 1. The Morgan fingerprint density at radius 2 is 0.705 bits per heavy atom. The summed E-state index contributed by atoms with van der Waals surface area (Å²) in [4.78, 5) is 35.2. The van der Waals surface area contributed by atoms with Gasteiger partial charge in [0.25, 0.3) is 0 Å². The number of ether oxygens (including phenoxy) is 2. The minimum Gasteiger partial charge on any atom is -0.462 e. The molecule has 2 unspecified atom stereocenters. The Morgan fingerprint density at radius 1 is 0.397 bits per heavy atom. The van der Waals surface area contributed by atoms with Crippen LogP contribution in [0.25, 0.3) is 0 Å². The molecule has 78 heavy (non-hydrogen) atoms. The van der Waals surface area contributed by atoms with Gasteiger partial charge in [-0.15, -0.1) is 0 Å². The molecule has 0 aromatic rings. The van der Waals surface area contributed by atoms with Gasteiger partial charge in [0.15, 0.2) is 6.10 Å². The molecule has 0 saturated heterocycles. The van der Waals surface area contributed by atoms with Crippen molar-refractivity contribution in [2.24, 2.45) is 5.73 Å². The van der Waals surface area contributed by atoms with Gasteiger partial charge in [0.1, 0.15) is 6.61 Å². The van der Waals surface area contributed by atoms with Crippen molar-refractivity contribution in [3.8, 4) is 0 Å². The standard InChI is InChI=1S/C68H118NO8P/c1-3-5-7-9-11-13-15-17-19-21-23-25-27-29-31-33-35-37-39-41-43-45-47-49-51-53-55-57-59-61-68(71)77-66(65-76-78(72,73)75-63-62-69)64-74-67(70)60-58-56-54-52-50-48-46-44-42-40-38-36-34-32-30-28-26-24-22-20-18-16-14-12-10-8-6-4-2/h5,7,11,13,17,19,23,25,29,31,35,37,41,43,47,49,53,55,66H,3-4,6,8-10,12,14-16,18,20-22,24,26-28,30,32-34,36,38-40,42,44-46,48,50-52,54,56-65,69H2,1-2H3,(H,72,73)/b7-5-,13-11-,19-17-,25-23-,31-29-,37-35-,43-41-,49-47-,55-53-. The predicted octanol–water partition coefficient (Wildman–Crippen LogP) is 20.6. The van der Waals surface area contributed by atoms with E-state index in [-0.39, 0.29) is 32.6 Å². The summed E-state index contributed by atoms with van der Waals surface area (Å²) in [6.07, 6.45) is 86.0. The monoisotopic (exact) mass is 1110 g/mol. The highest BCUT2D eigenvalue weighted by atomic mass is 31.2. The Hall–Kier alpha value is -3.33. The fourth-order valence-corrected chi connectivity index (χ4v) is 9.52. The molecule has 0 fully saturated rings. The van der Waals surface area contributed by atoms with Crippen LogP contribution in [-0.4, -0.2) is 49.3 Å². The largest absolute Gasteiger partial charge is 0.472 e. The third-order valence-electron chi connectivity index (χ3n) is 13.4. The van der Waals surface area contributed by atoms with Crippen molar-refractivity contribution in [1.29, 1.82) is 0 Å². The maximum Gasteiger partial charge on any atom is 0.472 e. The number of carbonyl (C=O) groups is 2. The molecule has 0 bridgehead atoms. The van der Waals surface area contributed by atoms with Crippen LogP contribution in [-0.2, 0) is 32.7 Å². The Labute approximate surface area is 479 Å².